The Balaban J connectivity index is 1.65. The van der Waals surface area contributed by atoms with Crippen LogP contribution in [0.3, 0.4) is 0 Å². The first kappa shape index (κ1) is 20.2. The van der Waals surface area contributed by atoms with Gasteiger partial charge in [-0.1, -0.05) is 0 Å². The molecule has 6 nitrogen and oxygen atoms in total. The number of hydrogen-bond donors (Lipinski definition) is 0. The molecule has 8 heteroatoms. The molecule has 0 spiro atoms. The van der Waals surface area contributed by atoms with Gasteiger partial charge >= 0.3 is 0 Å². The van der Waals surface area contributed by atoms with E-state index in [1.54, 1.807) is 44.4 Å². The number of aromatic nitrogens is 2. The molecule has 3 heterocycles. The molecule has 0 saturated carbocycles. The van der Waals surface area contributed by atoms with E-state index in [9.17, 15) is 8.42 Å². The van der Waals surface area contributed by atoms with E-state index in [-0.39, 0.29) is 5.03 Å². The topological polar surface area (TPSA) is 66.4 Å². The van der Waals surface area contributed by atoms with Gasteiger partial charge in [-0.3, -0.25) is 4.90 Å². The van der Waals surface area contributed by atoms with E-state index >= 15 is 0 Å². The SMILES string of the molecule is Cc1nc(CN2CCCN(c3ccc(S(=O)(=O)C(C)(C)C)nc3)CC2)cs1. The van der Waals surface area contributed by atoms with E-state index < -0.39 is 14.6 Å². The molecule has 27 heavy (non-hydrogen) atoms. The summed E-state index contributed by atoms with van der Waals surface area (Å²) < 4.78 is 24.2. The van der Waals surface area contributed by atoms with Crippen LogP contribution in [0, 0.1) is 6.92 Å². The van der Waals surface area contributed by atoms with Crippen LogP contribution in [-0.2, 0) is 16.4 Å². The van der Waals surface area contributed by atoms with Gasteiger partial charge in [0.2, 0.25) is 0 Å². The van der Waals surface area contributed by atoms with Gasteiger partial charge in [-0.15, -0.1) is 11.3 Å². The van der Waals surface area contributed by atoms with E-state index in [0.29, 0.717) is 0 Å². The molecule has 0 radical (unpaired) electrons. The van der Waals surface area contributed by atoms with E-state index in [1.807, 2.05) is 13.0 Å². The zero-order valence-corrected chi connectivity index (χ0v) is 18.1. The van der Waals surface area contributed by atoms with Crippen LogP contribution in [0.5, 0.6) is 0 Å². The highest BCUT2D eigenvalue weighted by atomic mass is 32.2. The number of sulfone groups is 1. The Hall–Kier alpha value is -1.51. The summed E-state index contributed by atoms with van der Waals surface area (Å²) in [7, 11) is -3.42. The third-order valence-corrected chi connectivity index (χ3v) is 8.03. The van der Waals surface area contributed by atoms with Crippen LogP contribution in [-0.4, -0.2) is 54.2 Å². The lowest BCUT2D eigenvalue weighted by Gasteiger charge is -2.24. The molecule has 0 atom stereocenters. The molecule has 2 aromatic rings. The molecule has 0 N–H and O–H groups in total. The van der Waals surface area contributed by atoms with Crippen LogP contribution >= 0.6 is 11.3 Å². The van der Waals surface area contributed by atoms with Crippen molar-refractivity contribution in [2.24, 2.45) is 0 Å². The first-order valence-corrected chi connectivity index (χ1v) is 11.6. The van der Waals surface area contributed by atoms with E-state index in [1.165, 1.54) is 0 Å². The van der Waals surface area contributed by atoms with Gasteiger partial charge < -0.3 is 4.90 Å². The van der Waals surface area contributed by atoms with Crippen molar-refractivity contribution in [1.29, 1.82) is 0 Å². The number of aryl methyl sites for hydroxylation is 1. The second-order valence-electron chi connectivity index (χ2n) is 7.95. The molecular weight excluding hydrogens is 380 g/mol. The second kappa shape index (κ2) is 7.85. The lowest BCUT2D eigenvalue weighted by molar-refractivity contribution is 0.282. The highest BCUT2D eigenvalue weighted by Crippen LogP contribution is 2.25. The molecule has 0 amide bonds. The van der Waals surface area contributed by atoms with Crippen molar-refractivity contribution in [2.75, 3.05) is 31.1 Å². The highest BCUT2D eigenvalue weighted by molar-refractivity contribution is 7.92. The summed E-state index contributed by atoms with van der Waals surface area (Å²) in [6.07, 6.45) is 2.75. The van der Waals surface area contributed by atoms with Crippen LogP contribution in [0.4, 0.5) is 5.69 Å². The molecule has 1 fully saturated rings. The van der Waals surface area contributed by atoms with Gasteiger partial charge in [0, 0.05) is 38.1 Å². The summed E-state index contributed by atoms with van der Waals surface area (Å²) in [6.45, 7) is 11.9. The maximum Gasteiger partial charge on any atom is 0.200 e. The van der Waals surface area contributed by atoms with Crippen molar-refractivity contribution in [3.8, 4) is 0 Å². The maximum absolute atomic E-state index is 12.5. The van der Waals surface area contributed by atoms with Crippen molar-refractivity contribution in [2.45, 2.75) is 50.4 Å². The molecule has 0 aliphatic carbocycles. The number of rotatable bonds is 4. The lowest BCUT2D eigenvalue weighted by atomic mass is 10.3. The van der Waals surface area contributed by atoms with Crippen molar-refractivity contribution < 1.29 is 8.42 Å². The largest absolute Gasteiger partial charge is 0.369 e. The van der Waals surface area contributed by atoms with Crippen LogP contribution in [0.15, 0.2) is 28.7 Å². The van der Waals surface area contributed by atoms with Gasteiger partial charge in [-0.25, -0.2) is 18.4 Å². The molecule has 0 aromatic carbocycles. The minimum atomic E-state index is -3.42. The number of nitrogens with zero attached hydrogens (tertiary/aromatic N) is 4. The van der Waals surface area contributed by atoms with E-state index in [4.69, 9.17) is 0 Å². The Kier molecular flexibility index (Phi) is 5.88. The number of pyridine rings is 1. The third kappa shape index (κ3) is 4.67. The number of hydrogen-bond acceptors (Lipinski definition) is 7. The third-order valence-electron chi connectivity index (χ3n) is 4.81. The number of thiazole rings is 1. The summed E-state index contributed by atoms with van der Waals surface area (Å²) in [5.41, 5.74) is 2.12. The minimum absolute atomic E-state index is 0.147. The van der Waals surface area contributed by atoms with Crippen LogP contribution in [0.25, 0.3) is 0 Å². The zero-order chi connectivity index (χ0) is 19.7. The summed E-state index contributed by atoms with van der Waals surface area (Å²) in [5, 5.41) is 3.39. The normalized spacial score (nSPS) is 17.1. The highest BCUT2D eigenvalue weighted by Gasteiger charge is 2.32. The molecular formula is C19H28N4O2S2. The fourth-order valence-corrected chi connectivity index (χ4v) is 4.80. The molecule has 0 unspecified atom stereocenters. The molecule has 0 bridgehead atoms. The zero-order valence-electron chi connectivity index (χ0n) is 16.5. The average Bonchev–Trinajstić information content (AvgIpc) is 2.87. The van der Waals surface area contributed by atoms with Crippen molar-refractivity contribution >= 4 is 26.9 Å². The molecule has 148 valence electrons. The lowest BCUT2D eigenvalue weighted by Crippen LogP contribution is -2.31. The fourth-order valence-electron chi connectivity index (χ4n) is 3.13. The van der Waals surface area contributed by atoms with Gasteiger partial charge in [-0.2, -0.15) is 0 Å². The monoisotopic (exact) mass is 408 g/mol. The smallest absolute Gasteiger partial charge is 0.200 e. The first-order valence-electron chi connectivity index (χ1n) is 9.26. The summed E-state index contributed by atoms with van der Waals surface area (Å²) in [6, 6.07) is 3.52. The van der Waals surface area contributed by atoms with Crippen LogP contribution < -0.4 is 4.90 Å². The average molecular weight is 409 g/mol. The quantitative estimate of drug-likeness (QED) is 0.774. The molecule has 3 rings (SSSR count). The van der Waals surface area contributed by atoms with Gasteiger partial charge in [0.15, 0.2) is 14.9 Å². The molecule has 1 aliphatic heterocycles. The Bertz CT molecular complexity index is 870. The standard InChI is InChI=1S/C19H28N4O2S2/c1-15-21-16(14-26-15)13-22-8-5-9-23(11-10-22)17-6-7-18(20-12-17)27(24,25)19(2,3)4/h6-7,12,14H,5,8-11,13H2,1-4H3. The van der Waals surface area contributed by atoms with Gasteiger partial charge in [0.25, 0.3) is 0 Å². The predicted octanol–water partition coefficient (Wildman–Crippen LogP) is 3.13. The molecule has 1 saturated heterocycles. The van der Waals surface area contributed by atoms with Gasteiger partial charge in [-0.05, 0) is 46.2 Å². The maximum atomic E-state index is 12.5. The van der Waals surface area contributed by atoms with Crippen LogP contribution in [0.1, 0.15) is 37.9 Å². The Morgan fingerprint density at radius 2 is 1.93 bits per heavy atom. The summed E-state index contributed by atoms with van der Waals surface area (Å²) in [4.78, 5) is 13.5. The summed E-state index contributed by atoms with van der Waals surface area (Å²) in [5.74, 6) is 0. The minimum Gasteiger partial charge on any atom is -0.369 e. The summed E-state index contributed by atoms with van der Waals surface area (Å²) >= 11 is 1.69. The van der Waals surface area contributed by atoms with Gasteiger partial charge in [0.05, 0.1) is 27.3 Å². The van der Waals surface area contributed by atoms with Crippen LogP contribution in [0.2, 0.25) is 0 Å². The van der Waals surface area contributed by atoms with Crippen molar-refractivity contribution in [1.82, 2.24) is 14.9 Å². The Morgan fingerprint density at radius 3 is 2.52 bits per heavy atom. The molecule has 2 aromatic heterocycles. The second-order valence-corrected chi connectivity index (χ2v) is 11.7. The van der Waals surface area contributed by atoms with Crippen molar-refractivity contribution in [3.05, 3.63) is 34.4 Å². The predicted molar refractivity (Wildman–Crippen MR) is 110 cm³/mol. The first-order chi connectivity index (χ1) is 12.7. The fraction of sp³-hybridized carbons (Fsp3) is 0.579. The van der Waals surface area contributed by atoms with E-state index in [0.717, 1.165) is 55.5 Å². The van der Waals surface area contributed by atoms with Gasteiger partial charge in [0.1, 0.15) is 0 Å². The van der Waals surface area contributed by atoms with E-state index in [2.05, 4.69) is 25.1 Å². The Morgan fingerprint density at radius 1 is 1.15 bits per heavy atom. The Labute approximate surface area is 166 Å². The number of anilines is 1. The van der Waals surface area contributed by atoms with Crippen molar-refractivity contribution in [3.63, 3.8) is 0 Å². The molecule has 1 aliphatic rings.